The Balaban J connectivity index is 1.80. The number of hydrogen-bond acceptors (Lipinski definition) is 6. The highest BCUT2D eigenvalue weighted by molar-refractivity contribution is 7.92. The fraction of sp³-hybridized carbons (Fsp3) is 0.318. The number of anilines is 1. The maximum absolute atomic E-state index is 12.7. The van der Waals surface area contributed by atoms with Gasteiger partial charge in [0.15, 0.2) is 0 Å². The van der Waals surface area contributed by atoms with Crippen molar-refractivity contribution in [2.45, 2.75) is 44.9 Å². The number of aryl methyl sites for hydroxylation is 1. The molecule has 1 atom stereocenters. The van der Waals surface area contributed by atoms with Gasteiger partial charge in [0.2, 0.25) is 5.89 Å². The molecular formula is C22H25N3O5S. The molecule has 8 nitrogen and oxygen atoms in total. The summed E-state index contributed by atoms with van der Waals surface area (Å²) < 4.78 is 33.1. The van der Waals surface area contributed by atoms with Gasteiger partial charge in [0.05, 0.1) is 11.5 Å². The molecule has 0 saturated heterocycles. The zero-order valence-electron chi connectivity index (χ0n) is 17.8. The van der Waals surface area contributed by atoms with Crippen LogP contribution in [0.2, 0.25) is 0 Å². The molecule has 2 aromatic carbocycles. The molecule has 1 heterocycles. The van der Waals surface area contributed by atoms with Gasteiger partial charge < -0.3 is 9.52 Å². The first-order valence-electron chi connectivity index (χ1n) is 9.86. The van der Waals surface area contributed by atoms with Crippen LogP contribution < -0.4 is 4.72 Å². The molecule has 0 amide bonds. The van der Waals surface area contributed by atoms with E-state index in [1.807, 2.05) is 19.1 Å². The highest BCUT2D eigenvalue weighted by Crippen LogP contribution is 2.26. The van der Waals surface area contributed by atoms with Crippen molar-refractivity contribution < 1.29 is 22.7 Å². The molecular weight excluding hydrogens is 418 g/mol. The second kappa shape index (κ2) is 8.89. The molecule has 9 heteroatoms. The lowest BCUT2D eigenvalue weighted by molar-refractivity contribution is 0.0692. The highest BCUT2D eigenvalue weighted by atomic mass is 32.2. The van der Waals surface area contributed by atoms with Crippen LogP contribution in [0.5, 0.6) is 0 Å². The van der Waals surface area contributed by atoms with E-state index in [4.69, 9.17) is 4.42 Å². The van der Waals surface area contributed by atoms with Crippen molar-refractivity contribution in [3.05, 3.63) is 70.6 Å². The summed E-state index contributed by atoms with van der Waals surface area (Å²) >= 11 is 0. The van der Waals surface area contributed by atoms with E-state index in [0.29, 0.717) is 11.5 Å². The molecule has 0 fully saturated rings. The quantitative estimate of drug-likeness (QED) is 0.534. The van der Waals surface area contributed by atoms with E-state index in [0.717, 1.165) is 12.0 Å². The lowest BCUT2D eigenvalue weighted by Crippen LogP contribution is -2.17. The molecule has 0 spiro atoms. The Hall–Kier alpha value is -3.20. The zero-order valence-corrected chi connectivity index (χ0v) is 18.6. The number of carbonyl (C=O) groups is 1. The first-order valence-corrected chi connectivity index (χ1v) is 11.3. The molecule has 164 valence electrons. The van der Waals surface area contributed by atoms with E-state index in [-0.39, 0.29) is 28.3 Å². The van der Waals surface area contributed by atoms with Gasteiger partial charge in [-0.1, -0.05) is 54.8 Å². The molecule has 0 aliphatic heterocycles. The molecule has 3 rings (SSSR count). The summed E-state index contributed by atoms with van der Waals surface area (Å²) in [5.41, 5.74) is 2.49. The van der Waals surface area contributed by atoms with Gasteiger partial charge in [-0.25, -0.2) is 17.9 Å². The third-order valence-electron chi connectivity index (χ3n) is 4.81. The van der Waals surface area contributed by atoms with Crippen LogP contribution in [0.15, 0.2) is 51.8 Å². The van der Waals surface area contributed by atoms with E-state index in [1.54, 1.807) is 6.92 Å². The lowest BCUT2D eigenvalue weighted by atomic mass is 9.97. The van der Waals surface area contributed by atoms with E-state index in [9.17, 15) is 18.3 Å². The van der Waals surface area contributed by atoms with Crippen LogP contribution in [-0.4, -0.2) is 29.7 Å². The Kier molecular flexibility index (Phi) is 6.45. The van der Waals surface area contributed by atoms with E-state index >= 15 is 0 Å². The van der Waals surface area contributed by atoms with Crippen molar-refractivity contribution in [2.24, 2.45) is 5.92 Å². The number of hydrogen-bond donors (Lipinski definition) is 2. The SMILES string of the molecule is Cc1ccc(S(=O)(=O)Nc2nnc(C(C)c3ccc(CC(C)C)cc3)o2)c(C(=O)O)c1. The minimum absolute atomic E-state index is 0.243. The van der Waals surface area contributed by atoms with Crippen LogP contribution in [0.3, 0.4) is 0 Å². The Bertz CT molecular complexity index is 1180. The number of carboxylic acids is 1. The zero-order chi connectivity index (χ0) is 22.8. The number of nitrogens with one attached hydrogen (secondary N) is 1. The monoisotopic (exact) mass is 443 g/mol. The predicted molar refractivity (Wildman–Crippen MR) is 116 cm³/mol. The second-order valence-corrected chi connectivity index (χ2v) is 9.57. The van der Waals surface area contributed by atoms with Gasteiger partial charge in [0.1, 0.15) is 4.90 Å². The average Bonchev–Trinajstić information content (AvgIpc) is 3.15. The van der Waals surface area contributed by atoms with Gasteiger partial charge in [0.25, 0.3) is 10.0 Å². The fourth-order valence-corrected chi connectivity index (χ4v) is 4.33. The van der Waals surface area contributed by atoms with E-state index in [2.05, 4.69) is 40.9 Å². The van der Waals surface area contributed by atoms with Crippen molar-refractivity contribution in [2.75, 3.05) is 4.72 Å². The van der Waals surface area contributed by atoms with Crippen molar-refractivity contribution in [3.8, 4) is 0 Å². The summed E-state index contributed by atoms with van der Waals surface area (Å²) in [6.45, 7) is 7.88. The van der Waals surface area contributed by atoms with Gasteiger partial charge in [-0.2, -0.15) is 0 Å². The van der Waals surface area contributed by atoms with Gasteiger partial charge >= 0.3 is 12.0 Å². The fourth-order valence-electron chi connectivity index (χ4n) is 3.22. The number of rotatable bonds is 8. The molecule has 0 saturated carbocycles. The number of sulfonamides is 1. The number of aromatic carboxylic acids is 1. The number of aromatic nitrogens is 2. The highest BCUT2D eigenvalue weighted by Gasteiger charge is 2.25. The van der Waals surface area contributed by atoms with Crippen LogP contribution in [-0.2, 0) is 16.4 Å². The number of nitrogens with zero attached hydrogens (tertiary/aromatic N) is 2. The standard InChI is InChI=1S/C22H25N3O5S/c1-13(2)11-16-6-8-17(9-7-16)15(4)20-23-24-22(30-20)25-31(28,29)19-10-5-14(3)12-18(19)21(26)27/h5-10,12-13,15H,11H2,1-4H3,(H,24,25)(H,26,27). The molecule has 0 radical (unpaired) electrons. The van der Waals surface area contributed by atoms with Crippen molar-refractivity contribution >= 4 is 22.0 Å². The molecule has 0 aliphatic rings. The summed E-state index contributed by atoms with van der Waals surface area (Å²) in [7, 11) is -4.23. The van der Waals surface area contributed by atoms with Crippen LogP contribution >= 0.6 is 0 Å². The Morgan fingerprint density at radius 2 is 1.77 bits per heavy atom. The van der Waals surface area contributed by atoms with Crippen molar-refractivity contribution in [1.82, 2.24) is 10.2 Å². The van der Waals surface area contributed by atoms with Gasteiger partial charge in [-0.05, 0) is 49.4 Å². The largest absolute Gasteiger partial charge is 0.478 e. The maximum atomic E-state index is 12.7. The van der Waals surface area contributed by atoms with Crippen LogP contribution in [0.1, 0.15) is 59.6 Å². The molecule has 0 bridgehead atoms. The molecule has 3 aromatic rings. The topological polar surface area (TPSA) is 122 Å². The average molecular weight is 444 g/mol. The van der Waals surface area contributed by atoms with Crippen LogP contribution in [0.4, 0.5) is 6.01 Å². The minimum atomic E-state index is -4.23. The Labute approximate surface area is 181 Å². The molecule has 2 N–H and O–H groups in total. The van der Waals surface area contributed by atoms with E-state index in [1.165, 1.54) is 23.8 Å². The number of benzene rings is 2. The smallest absolute Gasteiger partial charge is 0.337 e. The van der Waals surface area contributed by atoms with E-state index < -0.39 is 16.0 Å². The van der Waals surface area contributed by atoms with Crippen molar-refractivity contribution in [3.63, 3.8) is 0 Å². The van der Waals surface area contributed by atoms with Crippen LogP contribution in [0, 0.1) is 12.8 Å². The van der Waals surface area contributed by atoms with Crippen LogP contribution in [0.25, 0.3) is 0 Å². The first-order chi connectivity index (χ1) is 14.6. The van der Waals surface area contributed by atoms with Gasteiger partial charge in [-0.3, -0.25) is 0 Å². The molecule has 31 heavy (non-hydrogen) atoms. The molecule has 1 unspecified atom stereocenters. The summed E-state index contributed by atoms with van der Waals surface area (Å²) in [5, 5.41) is 17.1. The predicted octanol–water partition coefficient (Wildman–Crippen LogP) is 4.23. The Morgan fingerprint density at radius 1 is 1.10 bits per heavy atom. The third-order valence-corrected chi connectivity index (χ3v) is 6.19. The molecule has 0 aliphatic carbocycles. The van der Waals surface area contributed by atoms with Gasteiger partial charge in [-0.15, -0.1) is 5.10 Å². The lowest BCUT2D eigenvalue weighted by Gasteiger charge is -2.10. The number of carboxylic acid groups (broad SMARTS) is 1. The minimum Gasteiger partial charge on any atom is -0.478 e. The van der Waals surface area contributed by atoms with Gasteiger partial charge in [0, 0.05) is 0 Å². The summed E-state index contributed by atoms with van der Waals surface area (Å²) in [4.78, 5) is 11.1. The third kappa shape index (κ3) is 5.29. The Morgan fingerprint density at radius 3 is 2.39 bits per heavy atom. The summed E-state index contributed by atoms with van der Waals surface area (Å²) in [6, 6.07) is 11.8. The van der Waals surface area contributed by atoms with Crippen molar-refractivity contribution in [1.29, 1.82) is 0 Å². The first kappa shape index (κ1) is 22.5. The normalized spacial score (nSPS) is 12.7. The molecule has 1 aromatic heterocycles. The summed E-state index contributed by atoms with van der Waals surface area (Å²) in [5.74, 6) is -0.778. The summed E-state index contributed by atoms with van der Waals surface area (Å²) in [6.07, 6.45) is 0.985. The second-order valence-electron chi connectivity index (χ2n) is 7.92. The maximum Gasteiger partial charge on any atom is 0.337 e.